The van der Waals surface area contributed by atoms with Crippen molar-refractivity contribution in [3.8, 4) is 0 Å². The third-order valence-electron chi connectivity index (χ3n) is 1.47. The first kappa shape index (κ1) is 11.1. The number of nitrogens with zero attached hydrogens (tertiary/aromatic N) is 1. The third kappa shape index (κ3) is 2.08. The van der Waals surface area contributed by atoms with Crippen molar-refractivity contribution in [2.75, 3.05) is 5.73 Å². The number of rotatable bonds is 2. The van der Waals surface area contributed by atoms with Crippen molar-refractivity contribution in [1.29, 1.82) is 0 Å². The lowest BCUT2D eigenvalue weighted by atomic mass is 10.2. The molecule has 3 N–H and O–H groups in total. The Morgan fingerprint density at radius 3 is 2.64 bits per heavy atom. The fraction of sp³-hybridized carbons (Fsp3) is 0.143. The van der Waals surface area contributed by atoms with E-state index in [2.05, 4.69) is 4.98 Å². The molecular formula is C7H5F2IN2O2. The van der Waals surface area contributed by atoms with Gasteiger partial charge in [-0.2, -0.15) is 0 Å². The first-order valence-corrected chi connectivity index (χ1v) is 4.48. The molecule has 0 atom stereocenters. The number of nitrogen functional groups attached to an aromatic ring is 1. The minimum atomic E-state index is -2.80. The summed E-state index contributed by atoms with van der Waals surface area (Å²) in [6.07, 6.45) is -2.80. The summed E-state index contributed by atoms with van der Waals surface area (Å²) in [4.78, 5) is 14.0. The lowest BCUT2D eigenvalue weighted by Gasteiger charge is -2.06. The second-order valence-electron chi connectivity index (χ2n) is 2.41. The molecule has 1 rings (SSSR count). The molecule has 1 heterocycles. The van der Waals surface area contributed by atoms with Crippen molar-refractivity contribution in [1.82, 2.24) is 4.98 Å². The molecule has 0 amide bonds. The number of alkyl halides is 2. The second kappa shape index (κ2) is 4.03. The molecule has 0 aromatic carbocycles. The van der Waals surface area contributed by atoms with Gasteiger partial charge in [-0.25, -0.2) is 18.6 Å². The average Bonchev–Trinajstić information content (AvgIpc) is 2.07. The molecule has 76 valence electrons. The van der Waals surface area contributed by atoms with Gasteiger partial charge in [-0.3, -0.25) is 0 Å². The van der Waals surface area contributed by atoms with Crippen LogP contribution in [-0.2, 0) is 0 Å². The number of nitrogens with two attached hydrogens (primary N) is 1. The topological polar surface area (TPSA) is 76.2 Å². The highest BCUT2D eigenvalue weighted by Crippen LogP contribution is 2.25. The third-order valence-corrected chi connectivity index (χ3v) is 2.30. The normalized spacial score (nSPS) is 10.6. The number of aromatic carboxylic acids is 1. The minimum absolute atomic E-state index is 0.000370. The summed E-state index contributed by atoms with van der Waals surface area (Å²) in [6, 6.07) is 0.985. The standard InChI is InChI=1S/C7H5F2IN2O2/c8-5(9)4-3(11)1-2(7(13)14)6(10)12-4/h1,5H,11H2,(H,13,14). The van der Waals surface area contributed by atoms with E-state index >= 15 is 0 Å². The summed E-state index contributed by atoms with van der Waals surface area (Å²) in [5, 5.41) is 8.63. The van der Waals surface area contributed by atoms with Gasteiger partial charge in [0.15, 0.2) is 0 Å². The van der Waals surface area contributed by atoms with Gasteiger partial charge in [0.1, 0.15) is 9.39 Å². The Bertz CT molecular complexity index is 384. The molecule has 0 spiro atoms. The maximum atomic E-state index is 12.2. The van der Waals surface area contributed by atoms with Gasteiger partial charge < -0.3 is 10.8 Å². The van der Waals surface area contributed by atoms with Crippen LogP contribution in [0.4, 0.5) is 14.5 Å². The van der Waals surface area contributed by atoms with Crippen LogP contribution in [0.1, 0.15) is 22.5 Å². The van der Waals surface area contributed by atoms with Gasteiger partial charge >= 0.3 is 5.97 Å². The van der Waals surface area contributed by atoms with E-state index in [0.717, 1.165) is 6.07 Å². The highest BCUT2D eigenvalue weighted by Gasteiger charge is 2.18. The first-order chi connectivity index (χ1) is 6.43. The van der Waals surface area contributed by atoms with Crippen molar-refractivity contribution in [2.45, 2.75) is 6.43 Å². The zero-order chi connectivity index (χ0) is 10.9. The van der Waals surface area contributed by atoms with Gasteiger partial charge in [0, 0.05) is 0 Å². The maximum absolute atomic E-state index is 12.2. The number of carbonyl (C=O) groups is 1. The van der Waals surface area contributed by atoms with E-state index in [0.29, 0.717) is 0 Å². The number of carboxylic acid groups (broad SMARTS) is 1. The predicted octanol–water partition coefficient (Wildman–Crippen LogP) is 1.90. The highest BCUT2D eigenvalue weighted by molar-refractivity contribution is 14.1. The molecule has 1 aromatic rings. The Kier molecular flexibility index (Phi) is 3.19. The molecule has 4 nitrogen and oxygen atoms in total. The molecule has 14 heavy (non-hydrogen) atoms. The van der Waals surface area contributed by atoms with E-state index < -0.39 is 18.1 Å². The average molecular weight is 314 g/mol. The Hall–Kier alpha value is -0.990. The molecular weight excluding hydrogens is 309 g/mol. The molecule has 0 aliphatic heterocycles. The Balaban J connectivity index is 3.31. The fourth-order valence-corrected chi connectivity index (χ4v) is 1.49. The molecule has 0 bridgehead atoms. The summed E-state index contributed by atoms with van der Waals surface area (Å²) in [7, 11) is 0. The van der Waals surface area contributed by atoms with Gasteiger partial charge in [0.25, 0.3) is 6.43 Å². The summed E-state index contributed by atoms with van der Waals surface area (Å²) in [5.41, 5.74) is 4.15. The Morgan fingerprint density at radius 2 is 2.21 bits per heavy atom. The van der Waals surface area contributed by atoms with Gasteiger partial charge in [-0.1, -0.05) is 0 Å². The number of hydrogen-bond donors (Lipinski definition) is 2. The zero-order valence-electron chi connectivity index (χ0n) is 6.67. The lowest BCUT2D eigenvalue weighted by molar-refractivity contribution is 0.0694. The number of halogens is 3. The second-order valence-corrected chi connectivity index (χ2v) is 3.43. The van der Waals surface area contributed by atoms with Crippen molar-refractivity contribution >= 4 is 34.2 Å². The van der Waals surface area contributed by atoms with Crippen molar-refractivity contribution in [3.05, 3.63) is 21.0 Å². The number of pyridine rings is 1. The van der Waals surface area contributed by atoms with Crippen LogP contribution in [-0.4, -0.2) is 16.1 Å². The Morgan fingerprint density at radius 1 is 1.64 bits per heavy atom. The van der Waals surface area contributed by atoms with E-state index in [1.54, 1.807) is 22.6 Å². The minimum Gasteiger partial charge on any atom is -0.478 e. The van der Waals surface area contributed by atoms with Crippen LogP contribution in [0, 0.1) is 3.70 Å². The summed E-state index contributed by atoms with van der Waals surface area (Å²) in [5.74, 6) is -1.24. The van der Waals surface area contributed by atoms with Gasteiger partial charge in [0.05, 0.1) is 11.3 Å². The smallest absolute Gasteiger partial charge is 0.338 e. The van der Waals surface area contributed by atoms with Crippen LogP contribution in [0.15, 0.2) is 6.07 Å². The van der Waals surface area contributed by atoms with Crippen LogP contribution in [0.25, 0.3) is 0 Å². The summed E-state index contributed by atoms with van der Waals surface area (Å²) < 4.78 is 24.5. The SMILES string of the molecule is Nc1cc(C(=O)O)c(I)nc1C(F)F. The van der Waals surface area contributed by atoms with Gasteiger partial charge in [0.2, 0.25) is 0 Å². The van der Waals surface area contributed by atoms with E-state index in [1.807, 2.05) is 0 Å². The van der Waals surface area contributed by atoms with Crippen molar-refractivity contribution in [2.24, 2.45) is 0 Å². The molecule has 7 heteroatoms. The number of anilines is 1. The van der Waals surface area contributed by atoms with Gasteiger partial charge in [-0.05, 0) is 28.7 Å². The fourth-order valence-electron chi connectivity index (χ4n) is 0.844. The summed E-state index contributed by atoms with van der Waals surface area (Å²) in [6.45, 7) is 0. The van der Waals surface area contributed by atoms with E-state index in [1.165, 1.54) is 0 Å². The number of hydrogen-bond acceptors (Lipinski definition) is 3. The molecule has 0 saturated carbocycles. The van der Waals surface area contributed by atoms with Crippen LogP contribution < -0.4 is 5.73 Å². The maximum Gasteiger partial charge on any atom is 0.338 e. The summed E-state index contributed by atoms with van der Waals surface area (Å²) >= 11 is 1.57. The van der Waals surface area contributed by atoms with E-state index in [-0.39, 0.29) is 15.0 Å². The van der Waals surface area contributed by atoms with E-state index in [4.69, 9.17) is 10.8 Å². The predicted molar refractivity (Wildman–Crippen MR) is 53.3 cm³/mol. The Labute approximate surface area is 91.3 Å². The zero-order valence-corrected chi connectivity index (χ0v) is 8.83. The quantitative estimate of drug-likeness (QED) is 0.646. The monoisotopic (exact) mass is 314 g/mol. The molecule has 0 unspecified atom stereocenters. The van der Waals surface area contributed by atoms with Crippen LogP contribution in [0.2, 0.25) is 0 Å². The molecule has 0 aliphatic rings. The number of aromatic nitrogens is 1. The molecule has 0 radical (unpaired) electrons. The molecule has 0 saturated heterocycles. The van der Waals surface area contributed by atoms with Crippen LogP contribution in [0.3, 0.4) is 0 Å². The molecule has 1 aromatic heterocycles. The highest BCUT2D eigenvalue weighted by atomic mass is 127. The van der Waals surface area contributed by atoms with Crippen LogP contribution >= 0.6 is 22.6 Å². The lowest BCUT2D eigenvalue weighted by Crippen LogP contribution is -2.07. The number of carboxylic acids is 1. The van der Waals surface area contributed by atoms with Gasteiger partial charge in [-0.15, -0.1) is 0 Å². The van der Waals surface area contributed by atoms with Crippen molar-refractivity contribution < 1.29 is 18.7 Å². The van der Waals surface area contributed by atoms with Crippen molar-refractivity contribution in [3.63, 3.8) is 0 Å². The molecule has 0 aliphatic carbocycles. The first-order valence-electron chi connectivity index (χ1n) is 3.41. The molecule has 0 fully saturated rings. The van der Waals surface area contributed by atoms with Crippen LogP contribution in [0.5, 0.6) is 0 Å². The van der Waals surface area contributed by atoms with E-state index in [9.17, 15) is 13.6 Å². The largest absolute Gasteiger partial charge is 0.478 e.